The number of anilines is 1. The van der Waals surface area contributed by atoms with Gasteiger partial charge in [-0.05, 0) is 25.1 Å². The van der Waals surface area contributed by atoms with Gasteiger partial charge in [0.2, 0.25) is 5.13 Å². The van der Waals surface area contributed by atoms with Gasteiger partial charge < -0.3 is 0 Å². The van der Waals surface area contributed by atoms with Crippen LogP contribution in [0.25, 0.3) is 11.3 Å². The van der Waals surface area contributed by atoms with Crippen molar-refractivity contribution in [2.75, 3.05) is 5.43 Å². The Morgan fingerprint density at radius 3 is 2.64 bits per heavy atom. The number of hydrogen-bond acceptors (Lipinski definition) is 6. The van der Waals surface area contributed by atoms with Gasteiger partial charge in [-0.25, -0.2) is 4.98 Å². The molecule has 0 radical (unpaired) electrons. The van der Waals surface area contributed by atoms with Crippen molar-refractivity contribution in [2.24, 2.45) is 5.10 Å². The third-order valence-electron chi connectivity index (χ3n) is 3.46. The highest BCUT2D eigenvalue weighted by molar-refractivity contribution is 9.10. The standard InChI is InChI=1S/C17H13BrN4O2S/c1-11(14-4-2-3-5-15(14)18)20-21-17-19-16(10-25-17)12-6-8-13(9-7-12)22(23)24/h2-10H,1H3,(H,19,21)/b20-11-. The second kappa shape index (κ2) is 7.54. The van der Waals surface area contributed by atoms with E-state index in [-0.39, 0.29) is 5.69 Å². The average molecular weight is 417 g/mol. The highest BCUT2D eigenvalue weighted by Crippen LogP contribution is 2.26. The van der Waals surface area contributed by atoms with Crippen molar-refractivity contribution in [3.63, 3.8) is 0 Å². The molecule has 0 spiro atoms. The fraction of sp³-hybridized carbons (Fsp3) is 0.0588. The molecule has 3 rings (SSSR count). The lowest BCUT2D eigenvalue weighted by atomic mass is 10.1. The minimum Gasteiger partial charge on any atom is -0.258 e. The molecule has 0 aliphatic heterocycles. The number of non-ortho nitro benzene ring substituents is 1. The van der Waals surface area contributed by atoms with Gasteiger partial charge in [-0.15, -0.1) is 11.3 Å². The topological polar surface area (TPSA) is 80.4 Å². The molecule has 0 fully saturated rings. The highest BCUT2D eigenvalue weighted by Gasteiger charge is 2.08. The van der Waals surface area contributed by atoms with Crippen LogP contribution < -0.4 is 5.43 Å². The second-order valence-electron chi connectivity index (χ2n) is 5.13. The van der Waals surface area contributed by atoms with Gasteiger partial charge in [0.1, 0.15) is 0 Å². The zero-order chi connectivity index (χ0) is 17.8. The molecule has 3 aromatic rings. The molecular formula is C17H13BrN4O2S. The number of thiazole rings is 1. The Morgan fingerprint density at radius 1 is 1.24 bits per heavy atom. The monoisotopic (exact) mass is 416 g/mol. The minimum absolute atomic E-state index is 0.0611. The lowest BCUT2D eigenvalue weighted by molar-refractivity contribution is -0.384. The molecule has 1 heterocycles. The molecule has 0 unspecified atom stereocenters. The van der Waals surface area contributed by atoms with Gasteiger partial charge in [-0.2, -0.15) is 5.10 Å². The molecule has 0 amide bonds. The summed E-state index contributed by atoms with van der Waals surface area (Å²) in [6.45, 7) is 1.91. The molecule has 126 valence electrons. The number of nitro groups is 1. The third kappa shape index (κ3) is 4.09. The summed E-state index contributed by atoms with van der Waals surface area (Å²) in [5.74, 6) is 0. The van der Waals surface area contributed by atoms with E-state index in [0.29, 0.717) is 5.13 Å². The predicted octanol–water partition coefficient (Wildman–Crippen LogP) is 5.32. The number of benzene rings is 2. The number of nitro benzene ring substituents is 1. The fourth-order valence-electron chi connectivity index (χ4n) is 2.16. The molecule has 0 bridgehead atoms. The highest BCUT2D eigenvalue weighted by atomic mass is 79.9. The van der Waals surface area contributed by atoms with Gasteiger partial charge in [0.15, 0.2) is 0 Å². The molecule has 6 nitrogen and oxygen atoms in total. The number of nitrogens with zero attached hydrogens (tertiary/aromatic N) is 3. The van der Waals surface area contributed by atoms with Crippen molar-refractivity contribution in [3.05, 3.63) is 74.1 Å². The normalized spacial score (nSPS) is 11.4. The van der Waals surface area contributed by atoms with Gasteiger partial charge in [0.05, 0.1) is 16.3 Å². The quantitative estimate of drug-likeness (QED) is 0.346. The second-order valence-corrected chi connectivity index (χ2v) is 6.84. The molecule has 8 heteroatoms. The zero-order valence-corrected chi connectivity index (χ0v) is 15.5. The van der Waals surface area contributed by atoms with Crippen LogP contribution in [-0.2, 0) is 0 Å². The first-order chi connectivity index (χ1) is 12.0. The Bertz CT molecular complexity index is 938. The average Bonchev–Trinajstić information content (AvgIpc) is 3.09. The summed E-state index contributed by atoms with van der Waals surface area (Å²) in [4.78, 5) is 14.7. The SMILES string of the molecule is C/C(=N/Nc1nc(-c2ccc([N+](=O)[O-])cc2)cs1)c1ccccc1Br. The van der Waals surface area contributed by atoms with Crippen molar-refractivity contribution in [3.8, 4) is 11.3 Å². The van der Waals surface area contributed by atoms with E-state index in [1.165, 1.54) is 23.5 Å². The maximum absolute atomic E-state index is 10.7. The van der Waals surface area contributed by atoms with E-state index in [1.807, 2.05) is 36.6 Å². The molecule has 0 aliphatic rings. The molecule has 0 saturated carbocycles. The van der Waals surface area contributed by atoms with Crippen LogP contribution >= 0.6 is 27.3 Å². The van der Waals surface area contributed by atoms with Crippen LogP contribution in [0.2, 0.25) is 0 Å². The van der Waals surface area contributed by atoms with E-state index in [9.17, 15) is 10.1 Å². The van der Waals surface area contributed by atoms with E-state index in [1.54, 1.807) is 12.1 Å². The van der Waals surface area contributed by atoms with Crippen molar-refractivity contribution < 1.29 is 4.92 Å². The van der Waals surface area contributed by atoms with Gasteiger partial charge >= 0.3 is 0 Å². The third-order valence-corrected chi connectivity index (χ3v) is 4.90. The first-order valence-corrected chi connectivity index (χ1v) is 8.97. The molecular weight excluding hydrogens is 404 g/mol. The Morgan fingerprint density at radius 2 is 1.96 bits per heavy atom. The number of aromatic nitrogens is 1. The van der Waals surface area contributed by atoms with E-state index in [0.717, 1.165) is 27.0 Å². The summed E-state index contributed by atoms with van der Waals surface area (Å²) in [6, 6.07) is 14.2. The fourth-order valence-corrected chi connectivity index (χ4v) is 3.39. The Labute approximate surface area is 156 Å². The van der Waals surface area contributed by atoms with E-state index < -0.39 is 4.92 Å². The van der Waals surface area contributed by atoms with Crippen molar-refractivity contribution in [2.45, 2.75) is 6.92 Å². The van der Waals surface area contributed by atoms with Crippen molar-refractivity contribution in [1.29, 1.82) is 0 Å². The van der Waals surface area contributed by atoms with E-state index in [2.05, 4.69) is 31.4 Å². The van der Waals surface area contributed by atoms with Gasteiger partial charge in [0.25, 0.3) is 5.69 Å². The number of hydrogen-bond donors (Lipinski definition) is 1. The first kappa shape index (κ1) is 17.2. The van der Waals surface area contributed by atoms with Gasteiger partial charge in [-0.3, -0.25) is 15.5 Å². The summed E-state index contributed by atoms with van der Waals surface area (Å²) in [5, 5.41) is 17.6. The van der Waals surface area contributed by atoms with E-state index >= 15 is 0 Å². The summed E-state index contributed by atoms with van der Waals surface area (Å²) < 4.78 is 0.976. The van der Waals surface area contributed by atoms with Gasteiger partial charge in [0, 0.05) is 33.1 Å². The lowest BCUT2D eigenvalue weighted by Gasteiger charge is -2.03. The Hall–Kier alpha value is -2.58. The maximum atomic E-state index is 10.7. The van der Waals surface area contributed by atoms with Crippen molar-refractivity contribution in [1.82, 2.24) is 4.98 Å². The minimum atomic E-state index is -0.420. The smallest absolute Gasteiger partial charge is 0.258 e. The lowest BCUT2D eigenvalue weighted by Crippen LogP contribution is -2.00. The van der Waals surface area contributed by atoms with Crippen LogP contribution in [0.4, 0.5) is 10.8 Å². The number of halogens is 1. The molecule has 1 aromatic heterocycles. The molecule has 1 N–H and O–H groups in total. The largest absolute Gasteiger partial charge is 0.269 e. The number of nitrogens with one attached hydrogen (secondary N) is 1. The first-order valence-electron chi connectivity index (χ1n) is 7.30. The summed E-state index contributed by atoms with van der Waals surface area (Å²) in [6.07, 6.45) is 0. The predicted molar refractivity (Wildman–Crippen MR) is 104 cm³/mol. The Kier molecular flexibility index (Phi) is 5.20. The number of hydrazone groups is 1. The van der Waals surface area contributed by atoms with Crippen LogP contribution in [-0.4, -0.2) is 15.6 Å². The summed E-state index contributed by atoms with van der Waals surface area (Å²) in [7, 11) is 0. The van der Waals surface area contributed by atoms with Gasteiger partial charge in [-0.1, -0.05) is 34.1 Å². The maximum Gasteiger partial charge on any atom is 0.269 e. The van der Waals surface area contributed by atoms with Crippen molar-refractivity contribution >= 4 is 43.8 Å². The molecule has 25 heavy (non-hydrogen) atoms. The van der Waals surface area contributed by atoms with Crippen LogP contribution in [0.15, 0.2) is 63.5 Å². The number of rotatable bonds is 5. The zero-order valence-electron chi connectivity index (χ0n) is 13.1. The molecule has 0 saturated heterocycles. The van der Waals surface area contributed by atoms with Crippen LogP contribution in [0.3, 0.4) is 0 Å². The molecule has 2 aromatic carbocycles. The van der Waals surface area contributed by atoms with Crippen LogP contribution in [0.1, 0.15) is 12.5 Å². The molecule has 0 atom stereocenters. The summed E-state index contributed by atoms with van der Waals surface area (Å²) >= 11 is 4.93. The Balaban J connectivity index is 1.74. The van der Waals surface area contributed by atoms with Crippen LogP contribution in [0, 0.1) is 10.1 Å². The van der Waals surface area contributed by atoms with Crippen LogP contribution in [0.5, 0.6) is 0 Å². The summed E-state index contributed by atoms with van der Waals surface area (Å²) in [5.41, 5.74) is 6.42. The van der Waals surface area contributed by atoms with E-state index in [4.69, 9.17) is 0 Å². The molecule has 0 aliphatic carbocycles.